The van der Waals surface area contributed by atoms with E-state index in [-0.39, 0.29) is 5.91 Å². The lowest BCUT2D eigenvalue weighted by molar-refractivity contribution is -0.119. The van der Waals surface area contributed by atoms with Crippen LogP contribution in [0.3, 0.4) is 0 Å². The van der Waals surface area contributed by atoms with Gasteiger partial charge in [-0.15, -0.1) is 0 Å². The molecule has 23 heavy (non-hydrogen) atoms. The summed E-state index contributed by atoms with van der Waals surface area (Å²) in [7, 11) is 0. The van der Waals surface area contributed by atoms with Crippen molar-refractivity contribution >= 4 is 11.6 Å². The molecule has 4 rings (SSSR count). The van der Waals surface area contributed by atoms with Gasteiger partial charge in [0, 0.05) is 18.8 Å². The smallest absolute Gasteiger partial charge is 0.241 e. The monoisotopic (exact) mass is 306 g/mol. The van der Waals surface area contributed by atoms with Crippen molar-refractivity contribution in [2.24, 2.45) is 0 Å². The summed E-state index contributed by atoms with van der Waals surface area (Å²) in [5, 5.41) is 0. The first-order valence-electron chi connectivity index (χ1n) is 8.47. The van der Waals surface area contributed by atoms with Crippen molar-refractivity contribution in [1.82, 2.24) is 4.90 Å². The molecule has 0 aliphatic carbocycles. The number of likely N-dealkylation sites (tertiary alicyclic amines) is 1. The Balaban J connectivity index is 1.39. The van der Waals surface area contributed by atoms with Crippen molar-refractivity contribution in [3.05, 3.63) is 65.7 Å². The third-order valence-corrected chi connectivity index (χ3v) is 5.09. The highest BCUT2D eigenvalue weighted by Crippen LogP contribution is 2.29. The molecule has 2 aromatic rings. The van der Waals surface area contributed by atoms with Gasteiger partial charge in [0.15, 0.2) is 0 Å². The fraction of sp³-hybridized carbons (Fsp3) is 0.350. The van der Waals surface area contributed by atoms with Gasteiger partial charge in [-0.05, 0) is 42.5 Å². The van der Waals surface area contributed by atoms with Crippen LogP contribution in [0.15, 0.2) is 54.6 Å². The van der Waals surface area contributed by atoms with E-state index in [0.29, 0.717) is 12.5 Å². The molecule has 0 radical (unpaired) electrons. The number of para-hydroxylation sites is 1. The second-order valence-electron chi connectivity index (χ2n) is 6.56. The Labute approximate surface area is 137 Å². The average Bonchev–Trinajstić information content (AvgIpc) is 3.22. The second kappa shape index (κ2) is 6.17. The summed E-state index contributed by atoms with van der Waals surface area (Å²) in [4.78, 5) is 17.0. The number of rotatable bonds is 3. The first kappa shape index (κ1) is 14.5. The molecule has 2 aliphatic rings. The third-order valence-electron chi connectivity index (χ3n) is 5.09. The minimum atomic E-state index is 0.240. The molecule has 118 valence electrons. The summed E-state index contributed by atoms with van der Waals surface area (Å²) in [6.45, 7) is 3.37. The fourth-order valence-corrected chi connectivity index (χ4v) is 3.85. The number of fused-ring (bicyclic) bond motifs is 1. The van der Waals surface area contributed by atoms with Crippen molar-refractivity contribution in [2.75, 3.05) is 31.1 Å². The van der Waals surface area contributed by atoms with Crippen LogP contribution in [0.4, 0.5) is 5.69 Å². The molecule has 2 aliphatic heterocycles. The topological polar surface area (TPSA) is 23.6 Å². The quantitative estimate of drug-likeness (QED) is 0.870. The second-order valence-corrected chi connectivity index (χ2v) is 6.56. The molecule has 1 fully saturated rings. The van der Waals surface area contributed by atoms with E-state index in [1.807, 2.05) is 11.0 Å². The van der Waals surface area contributed by atoms with E-state index in [0.717, 1.165) is 38.2 Å². The van der Waals surface area contributed by atoms with E-state index in [9.17, 15) is 4.79 Å². The Hall–Kier alpha value is -2.13. The van der Waals surface area contributed by atoms with Crippen LogP contribution in [-0.4, -0.2) is 37.0 Å². The van der Waals surface area contributed by atoms with Crippen LogP contribution in [0.25, 0.3) is 0 Å². The van der Waals surface area contributed by atoms with Crippen molar-refractivity contribution < 1.29 is 4.79 Å². The molecule has 2 aromatic carbocycles. The third kappa shape index (κ3) is 2.89. The van der Waals surface area contributed by atoms with Crippen molar-refractivity contribution in [2.45, 2.75) is 18.8 Å². The van der Waals surface area contributed by atoms with Crippen molar-refractivity contribution in [3.63, 3.8) is 0 Å². The lowest BCUT2D eigenvalue weighted by Crippen LogP contribution is -2.38. The number of hydrogen-bond donors (Lipinski definition) is 0. The van der Waals surface area contributed by atoms with Gasteiger partial charge >= 0.3 is 0 Å². The highest BCUT2D eigenvalue weighted by atomic mass is 16.2. The van der Waals surface area contributed by atoms with Crippen LogP contribution in [0.5, 0.6) is 0 Å². The van der Waals surface area contributed by atoms with Crippen LogP contribution in [0.1, 0.15) is 23.5 Å². The molecular formula is C20H22N2O. The largest absolute Gasteiger partial charge is 0.311 e. The Morgan fingerprint density at radius 1 is 1.00 bits per heavy atom. The zero-order valence-electron chi connectivity index (χ0n) is 13.3. The van der Waals surface area contributed by atoms with Gasteiger partial charge in [-0.1, -0.05) is 48.5 Å². The maximum Gasteiger partial charge on any atom is 0.241 e. The van der Waals surface area contributed by atoms with Gasteiger partial charge in [0.2, 0.25) is 5.91 Å². The van der Waals surface area contributed by atoms with E-state index in [4.69, 9.17) is 0 Å². The van der Waals surface area contributed by atoms with E-state index < -0.39 is 0 Å². The summed E-state index contributed by atoms with van der Waals surface area (Å²) >= 11 is 0. The Kier molecular flexibility index (Phi) is 3.88. The predicted molar refractivity (Wildman–Crippen MR) is 92.7 cm³/mol. The molecular weight excluding hydrogens is 284 g/mol. The van der Waals surface area contributed by atoms with E-state index in [2.05, 4.69) is 53.4 Å². The van der Waals surface area contributed by atoms with Gasteiger partial charge in [-0.25, -0.2) is 0 Å². The molecule has 0 aromatic heterocycles. The number of hydrogen-bond acceptors (Lipinski definition) is 2. The number of amides is 1. The lowest BCUT2D eigenvalue weighted by atomic mass is 9.99. The Morgan fingerprint density at radius 3 is 2.65 bits per heavy atom. The van der Waals surface area contributed by atoms with Crippen LogP contribution in [0, 0.1) is 0 Å². The van der Waals surface area contributed by atoms with Crippen LogP contribution in [-0.2, 0) is 11.2 Å². The van der Waals surface area contributed by atoms with Crippen LogP contribution >= 0.6 is 0 Å². The van der Waals surface area contributed by atoms with Gasteiger partial charge in [0.25, 0.3) is 0 Å². The number of carbonyl (C=O) groups is 1. The maximum atomic E-state index is 12.7. The highest BCUT2D eigenvalue weighted by molar-refractivity contribution is 5.96. The summed E-state index contributed by atoms with van der Waals surface area (Å²) < 4.78 is 0. The minimum Gasteiger partial charge on any atom is -0.311 e. The zero-order chi connectivity index (χ0) is 15.6. The lowest BCUT2D eigenvalue weighted by Gasteiger charge is -2.22. The van der Waals surface area contributed by atoms with E-state index >= 15 is 0 Å². The first-order valence-corrected chi connectivity index (χ1v) is 8.47. The summed E-state index contributed by atoms with van der Waals surface area (Å²) in [5.41, 5.74) is 3.80. The van der Waals surface area contributed by atoms with Crippen molar-refractivity contribution in [3.8, 4) is 0 Å². The molecule has 0 N–H and O–H groups in total. The van der Waals surface area contributed by atoms with Gasteiger partial charge in [-0.2, -0.15) is 0 Å². The molecule has 1 atom stereocenters. The molecule has 2 heterocycles. The molecule has 3 nitrogen and oxygen atoms in total. The molecule has 1 saturated heterocycles. The van der Waals surface area contributed by atoms with Gasteiger partial charge in [-0.3, -0.25) is 9.69 Å². The molecule has 0 saturated carbocycles. The summed E-state index contributed by atoms with van der Waals surface area (Å²) in [6.07, 6.45) is 2.13. The fourth-order valence-electron chi connectivity index (χ4n) is 3.85. The van der Waals surface area contributed by atoms with Gasteiger partial charge in [0.1, 0.15) is 0 Å². The maximum absolute atomic E-state index is 12.7. The van der Waals surface area contributed by atoms with Crippen molar-refractivity contribution in [1.29, 1.82) is 0 Å². The first-order chi connectivity index (χ1) is 11.3. The predicted octanol–water partition coefficient (Wildman–Crippen LogP) is 3.07. The standard InChI is InChI=1S/C20H22N2O/c23-20(22-13-11-17-8-4-5-9-19(17)22)15-21-12-10-18(14-21)16-6-2-1-3-7-16/h1-9,18H,10-15H2. The Bertz CT molecular complexity index is 698. The molecule has 1 amide bonds. The zero-order valence-corrected chi connectivity index (χ0v) is 13.3. The Morgan fingerprint density at radius 2 is 1.78 bits per heavy atom. The summed E-state index contributed by atoms with van der Waals surface area (Å²) in [6, 6.07) is 18.9. The van der Waals surface area contributed by atoms with Gasteiger partial charge < -0.3 is 4.90 Å². The van der Waals surface area contributed by atoms with E-state index in [1.165, 1.54) is 11.1 Å². The number of nitrogens with zero attached hydrogens (tertiary/aromatic N) is 2. The average molecular weight is 306 g/mol. The number of benzene rings is 2. The molecule has 0 bridgehead atoms. The molecule has 1 unspecified atom stereocenters. The van der Waals surface area contributed by atoms with Gasteiger partial charge in [0.05, 0.1) is 6.54 Å². The van der Waals surface area contributed by atoms with Crippen LogP contribution < -0.4 is 4.90 Å². The number of anilines is 1. The molecule has 0 spiro atoms. The normalized spacial score (nSPS) is 20.7. The highest BCUT2D eigenvalue weighted by Gasteiger charge is 2.29. The molecule has 3 heteroatoms. The number of carbonyl (C=O) groups excluding carboxylic acids is 1. The summed E-state index contributed by atoms with van der Waals surface area (Å²) in [5.74, 6) is 0.804. The van der Waals surface area contributed by atoms with Crippen LogP contribution in [0.2, 0.25) is 0 Å². The SMILES string of the molecule is O=C(CN1CCC(c2ccccc2)C1)N1CCc2ccccc21. The minimum absolute atomic E-state index is 0.240. The van der Waals surface area contributed by atoms with E-state index in [1.54, 1.807) is 0 Å².